The van der Waals surface area contributed by atoms with Crippen LogP contribution >= 0.6 is 43.6 Å². The first-order valence-electron chi connectivity index (χ1n) is 8.91. The van der Waals surface area contributed by atoms with Gasteiger partial charge in [-0.25, -0.2) is 4.79 Å². The van der Waals surface area contributed by atoms with E-state index in [2.05, 4.69) is 37.2 Å². The third-order valence-electron chi connectivity index (χ3n) is 4.35. The summed E-state index contributed by atoms with van der Waals surface area (Å²) in [6.45, 7) is 4.39. The van der Waals surface area contributed by atoms with Crippen molar-refractivity contribution in [1.29, 1.82) is 0 Å². The third-order valence-corrected chi connectivity index (χ3v) is 6.73. The largest absolute Gasteiger partial charge is 0.494 e. The van der Waals surface area contributed by atoms with E-state index >= 15 is 0 Å². The highest BCUT2D eigenvalue weighted by atomic mass is 79.9. The third kappa shape index (κ3) is 5.15. The van der Waals surface area contributed by atoms with E-state index in [-0.39, 0.29) is 0 Å². The summed E-state index contributed by atoms with van der Waals surface area (Å²) in [5.74, 6) is 1.79. The van der Waals surface area contributed by atoms with Gasteiger partial charge in [0.2, 0.25) is 0 Å². The molecule has 2 aromatic carbocycles. The minimum absolute atomic E-state index is 0.427. The minimum atomic E-state index is -0.671. The topological polar surface area (TPSA) is 73.6 Å². The molecule has 0 aromatic heterocycles. The number of hydrogen-bond donors (Lipinski definition) is 2. The number of hydrogen-bond acceptors (Lipinski definition) is 5. The number of fused-ring (bicyclic) bond motifs is 1. The highest BCUT2D eigenvalue weighted by molar-refractivity contribution is 9.11. The van der Waals surface area contributed by atoms with Crippen LogP contribution in [0.15, 0.2) is 44.2 Å². The van der Waals surface area contributed by atoms with Gasteiger partial charge < -0.3 is 15.2 Å². The zero-order valence-electron chi connectivity index (χ0n) is 15.7. The van der Waals surface area contributed by atoms with E-state index in [0.29, 0.717) is 6.61 Å². The summed E-state index contributed by atoms with van der Waals surface area (Å²) in [5.41, 5.74) is 7.65. The van der Waals surface area contributed by atoms with Crippen LogP contribution in [0.3, 0.4) is 0 Å². The molecule has 0 aliphatic carbocycles. The number of ether oxygens (including phenoxy) is 2. The first kappa shape index (κ1) is 21.3. The number of carbonyl (C=O) groups is 1. The molecule has 2 aromatic rings. The van der Waals surface area contributed by atoms with Crippen LogP contribution in [0.5, 0.6) is 5.75 Å². The van der Waals surface area contributed by atoms with Crippen molar-refractivity contribution in [2.75, 3.05) is 23.4 Å². The van der Waals surface area contributed by atoms with Gasteiger partial charge in [-0.2, -0.15) is 0 Å². The molecule has 0 saturated heterocycles. The predicted octanol–water partition coefficient (Wildman–Crippen LogP) is 6.54. The number of thioether (sulfide) groups is 1. The van der Waals surface area contributed by atoms with Crippen LogP contribution in [0.4, 0.5) is 16.2 Å². The molecule has 1 aliphatic heterocycles. The van der Waals surface area contributed by atoms with Crippen LogP contribution in [-0.2, 0) is 10.3 Å². The van der Waals surface area contributed by atoms with Gasteiger partial charge >= 0.3 is 6.09 Å². The van der Waals surface area contributed by atoms with E-state index in [0.717, 1.165) is 50.2 Å². The molecule has 3 N–H and O–H groups in total. The molecule has 3 rings (SSSR count). The molecule has 0 bridgehead atoms. The predicted molar refractivity (Wildman–Crippen MR) is 121 cm³/mol. The van der Waals surface area contributed by atoms with Crippen molar-refractivity contribution in [2.24, 2.45) is 0 Å². The van der Waals surface area contributed by atoms with Crippen LogP contribution in [-0.4, -0.2) is 18.5 Å². The van der Waals surface area contributed by atoms with Gasteiger partial charge in [-0.3, -0.25) is 5.32 Å². The number of amides is 1. The van der Waals surface area contributed by atoms with Crippen molar-refractivity contribution in [3.05, 3.63) is 44.8 Å². The number of unbranched alkanes of at least 4 members (excludes halogenated alkanes) is 1. The average Bonchev–Trinajstić information content (AvgIpc) is 2.62. The number of rotatable bonds is 7. The molecule has 1 amide bonds. The van der Waals surface area contributed by atoms with Crippen LogP contribution in [0.25, 0.3) is 0 Å². The smallest absolute Gasteiger partial charge is 0.412 e. The number of nitrogen functional groups attached to an aromatic ring is 1. The molecule has 8 heteroatoms. The fourth-order valence-electron chi connectivity index (χ4n) is 2.87. The zero-order chi connectivity index (χ0) is 20.3. The fraction of sp³-hybridized carbons (Fsp3) is 0.350. The summed E-state index contributed by atoms with van der Waals surface area (Å²) >= 11 is 8.74. The maximum atomic E-state index is 11.6. The monoisotopic (exact) mass is 528 g/mol. The summed E-state index contributed by atoms with van der Waals surface area (Å²) in [7, 11) is 0. The number of nitrogens with one attached hydrogen (secondary N) is 1. The quantitative estimate of drug-likeness (QED) is 0.242. The maximum absolute atomic E-state index is 11.6. The standard InChI is InChI=1S/C20H22Br2N2O3S/c1-20(2)14-9-12(5-6-17(14)24-19(25)27-20)26-7-3-4-8-28-13-10-15(21)18(23)16(22)11-13/h5-6,9-11H,3-4,7-8,23H2,1-2H3,(H,24,25). The molecular formula is C20H22Br2N2O3S. The van der Waals surface area contributed by atoms with Gasteiger partial charge in [0.05, 0.1) is 18.0 Å². The Morgan fingerprint density at radius 2 is 1.89 bits per heavy atom. The number of halogens is 2. The lowest BCUT2D eigenvalue weighted by Crippen LogP contribution is -2.34. The lowest BCUT2D eigenvalue weighted by molar-refractivity contribution is 0.0418. The van der Waals surface area contributed by atoms with E-state index in [4.69, 9.17) is 15.2 Å². The normalized spacial score (nSPS) is 14.8. The number of nitrogens with two attached hydrogens (primary N) is 1. The van der Waals surface area contributed by atoms with E-state index < -0.39 is 11.7 Å². The van der Waals surface area contributed by atoms with Gasteiger partial charge in [0.1, 0.15) is 11.4 Å². The Balaban J connectivity index is 1.45. The summed E-state index contributed by atoms with van der Waals surface area (Å²) in [6.07, 6.45) is 1.57. The molecule has 0 fully saturated rings. The molecule has 1 aliphatic rings. The van der Waals surface area contributed by atoms with Crippen LogP contribution < -0.4 is 15.8 Å². The van der Waals surface area contributed by atoms with Crippen LogP contribution in [0, 0.1) is 0 Å². The SMILES string of the molecule is CC1(C)OC(=O)Nc2ccc(OCCCCSc3cc(Br)c(N)c(Br)c3)cc21. The van der Waals surface area contributed by atoms with E-state index in [9.17, 15) is 4.79 Å². The molecule has 150 valence electrons. The van der Waals surface area contributed by atoms with Crippen molar-refractivity contribution in [2.45, 2.75) is 37.2 Å². The van der Waals surface area contributed by atoms with Crippen LogP contribution in [0.1, 0.15) is 32.3 Å². The van der Waals surface area contributed by atoms with Crippen molar-refractivity contribution in [1.82, 2.24) is 0 Å². The Hall–Kier alpha value is -1.38. The minimum Gasteiger partial charge on any atom is -0.494 e. The second-order valence-electron chi connectivity index (χ2n) is 6.94. The first-order chi connectivity index (χ1) is 13.3. The van der Waals surface area contributed by atoms with E-state index in [1.54, 1.807) is 11.8 Å². The Morgan fingerprint density at radius 1 is 1.18 bits per heavy atom. The van der Waals surface area contributed by atoms with E-state index in [1.165, 1.54) is 4.90 Å². The number of anilines is 2. The number of benzene rings is 2. The molecule has 0 spiro atoms. The molecule has 0 atom stereocenters. The van der Waals surface area contributed by atoms with Gasteiger partial charge in [0.25, 0.3) is 0 Å². The maximum Gasteiger partial charge on any atom is 0.412 e. The lowest BCUT2D eigenvalue weighted by Gasteiger charge is -2.32. The second-order valence-corrected chi connectivity index (χ2v) is 9.81. The summed E-state index contributed by atoms with van der Waals surface area (Å²) in [5, 5.41) is 2.72. The summed E-state index contributed by atoms with van der Waals surface area (Å²) in [4.78, 5) is 12.8. The number of carbonyl (C=O) groups excluding carboxylic acids is 1. The van der Waals surface area contributed by atoms with Gasteiger partial charge in [0.15, 0.2) is 0 Å². The molecule has 0 radical (unpaired) electrons. The molecule has 28 heavy (non-hydrogen) atoms. The fourth-order valence-corrected chi connectivity index (χ4v) is 5.35. The van der Waals surface area contributed by atoms with Crippen LogP contribution in [0.2, 0.25) is 0 Å². The molecule has 0 unspecified atom stereocenters. The second kappa shape index (κ2) is 8.97. The Kier molecular flexibility index (Phi) is 6.83. The van der Waals surface area contributed by atoms with Gasteiger partial charge in [-0.15, -0.1) is 11.8 Å². The van der Waals surface area contributed by atoms with Gasteiger partial charge in [-0.05, 0) is 94.6 Å². The molecule has 0 saturated carbocycles. The summed E-state index contributed by atoms with van der Waals surface area (Å²) in [6, 6.07) is 9.75. The zero-order valence-corrected chi connectivity index (χ0v) is 19.7. The lowest BCUT2D eigenvalue weighted by atomic mass is 9.94. The molecule has 1 heterocycles. The highest BCUT2D eigenvalue weighted by Gasteiger charge is 2.33. The Bertz CT molecular complexity index is 867. The summed E-state index contributed by atoms with van der Waals surface area (Å²) < 4.78 is 13.1. The number of cyclic esters (lactones) is 1. The van der Waals surface area contributed by atoms with Crippen molar-refractivity contribution >= 4 is 61.1 Å². The molecular weight excluding hydrogens is 508 g/mol. The molecule has 5 nitrogen and oxygen atoms in total. The average molecular weight is 530 g/mol. The Labute approximate surface area is 186 Å². The first-order valence-corrected chi connectivity index (χ1v) is 11.5. The van der Waals surface area contributed by atoms with Crippen molar-refractivity contribution in [3.63, 3.8) is 0 Å². The Morgan fingerprint density at radius 3 is 2.61 bits per heavy atom. The van der Waals surface area contributed by atoms with Crippen molar-refractivity contribution < 1.29 is 14.3 Å². The van der Waals surface area contributed by atoms with Crippen molar-refractivity contribution in [3.8, 4) is 5.75 Å². The highest BCUT2D eigenvalue weighted by Crippen LogP contribution is 2.38. The van der Waals surface area contributed by atoms with E-state index in [1.807, 2.05) is 44.2 Å². The van der Waals surface area contributed by atoms with Gasteiger partial charge in [-0.1, -0.05) is 0 Å². The van der Waals surface area contributed by atoms with Gasteiger partial charge in [0, 0.05) is 19.4 Å².